The number of nitrogens with zero attached hydrogens (tertiary/aromatic N) is 1. The summed E-state index contributed by atoms with van der Waals surface area (Å²) in [5, 5.41) is 0. The molecule has 4 heteroatoms. The highest BCUT2D eigenvalue weighted by molar-refractivity contribution is 7.80. The molecule has 0 saturated carbocycles. The van der Waals surface area contributed by atoms with Crippen molar-refractivity contribution in [3.63, 3.8) is 0 Å². The van der Waals surface area contributed by atoms with Gasteiger partial charge in [0.25, 0.3) is 11.3 Å². The van der Waals surface area contributed by atoms with Crippen molar-refractivity contribution >= 4 is 17.0 Å². The van der Waals surface area contributed by atoms with Crippen molar-refractivity contribution in [1.82, 2.24) is 0 Å². The van der Waals surface area contributed by atoms with Crippen molar-refractivity contribution in [2.24, 2.45) is 0 Å². The molecule has 0 radical (unpaired) electrons. The van der Waals surface area contributed by atoms with Gasteiger partial charge in [-0.05, 0) is 18.6 Å². The summed E-state index contributed by atoms with van der Waals surface area (Å²) in [5.74, 6) is 0. The molecule has 0 aromatic heterocycles. The molecule has 21 heavy (non-hydrogen) atoms. The molecule has 1 aromatic carbocycles. The van der Waals surface area contributed by atoms with Crippen LogP contribution in [0, 0.1) is 0 Å². The Kier molecular flexibility index (Phi) is 10.2. The van der Waals surface area contributed by atoms with Gasteiger partial charge in [0, 0.05) is 6.54 Å². The molecule has 1 rings (SSSR count). The molecule has 1 unspecified atom stereocenters. The molecule has 1 aromatic rings. The lowest BCUT2D eigenvalue weighted by atomic mass is 10.1. The zero-order chi connectivity index (χ0) is 15.3. The van der Waals surface area contributed by atoms with Gasteiger partial charge in [0.15, 0.2) is 0 Å². The standard InChI is InChI=1S/C17H29NO2S/c1-2-3-4-5-6-7-8-9-13-16-18(21(19)20)17-14-11-10-12-15-17/h10-12,14-15H,2-9,13,16H2,1H3,(H,19,20). The van der Waals surface area contributed by atoms with Crippen LogP contribution in [0.25, 0.3) is 0 Å². The van der Waals surface area contributed by atoms with E-state index < -0.39 is 11.3 Å². The summed E-state index contributed by atoms with van der Waals surface area (Å²) in [7, 11) is 0. The summed E-state index contributed by atoms with van der Waals surface area (Å²) >= 11 is -1.93. The molecule has 1 N–H and O–H groups in total. The molecular weight excluding hydrogens is 282 g/mol. The highest BCUT2D eigenvalue weighted by Gasteiger charge is 2.10. The third kappa shape index (κ3) is 8.22. The van der Waals surface area contributed by atoms with Gasteiger partial charge >= 0.3 is 0 Å². The molecule has 3 nitrogen and oxygen atoms in total. The molecule has 0 spiro atoms. The fourth-order valence-corrected chi connectivity index (χ4v) is 3.05. The molecule has 0 saturated heterocycles. The highest BCUT2D eigenvalue weighted by atomic mass is 32.2. The minimum absolute atomic E-state index is 0.642. The Bertz CT molecular complexity index is 384. The van der Waals surface area contributed by atoms with Crippen LogP contribution in [0.5, 0.6) is 0 Å². The fraction of sp³-hybridized carbons (Fsp3) is 0.647. The Labute approximate surface area is 132 Å². The summed E-state index contributed by atoms with van der Waals surface area (Å²) in [6.45, 7) is 2.88. The van der Waals surface area contributed by atoms with Crippen LogP contribution in [0.4, 0.5) is 5.69 Å². The quantitative estimate of drug-likeness (QED) is 0.428. The van der Waals surface area contributed by atoms with Crippen molar-refractivity contribution in [3.05, 3.63) is 30.3 Å². The Hall–Kier alpha value is -0.870. The van der Waals surface area contributed by atoms with Crippen LogP contribution < -0.4 is 4.31 Å². The second-order valence-electron chi connectivity index (χ2n) is 5.50. The van der Waals surface area contributed by atoms with Gasteiger partial charge in [-0.1, -0.05) is 76.5 Å². The third-order valence-corrected chi connectivity index (χ3v) is 4.47. The SMILES string of the molecule is CCCCCCCCCCCN(c1ccccc1)S(=O)O. The maximum absolute atomic E-state index is 11.4. The minimum Gasteiger partial charge on any atom is -0.289 e. The average Bonchev–Trinajstić information content (AvgIpc) is 2.50. The van der Waals surface area contributed by atoms with E-state index in [1.807, 2.05) is 30.3 Å². The molecule has 0 heterocycles. The Morgan fingerprint density at radius 1 is 0.905 bits per heavy atom. The molecular formula is C17H29NO2S. The third-order valence-electron chi connectivity index (χ3n) is 3.70. The molecule has 0 aliphatic heterocycles. The lowest BCUT2D eigenvalue weighted by molar-refractivity contribution is 0.548. The summed E-state index contributed by atoms with van der Waals surface area (Å²) in [5.41, 5.74) is 0.817. The molecule has 1 atom stereocenters. The Morgan fingerprint density at radius 2 is 1.43 bits per heavy atom. The van der Waals surface area contributed by atoms with Gasteiger partial charge < -0.3 is 0 Å². The fourth-order valence-electron chi connectivity index (χ4n) is 2.46. The first kappa shape index (κ1) is 18.2. The largest absolute Gasteiger partial charge is 0.289 e. The van der Waals surface area contributed by atoms with E-state index in [1.54, 1.807) is 4.31 Å². The van der Waals surface area contributed by atoms with E-state index in [-0.39, 0.29) is 0 Å². The smallest absolute Gasteiger partial charge is 0.261 e. The van der Waals surface area contributed by atoms with E-state index in [2.05, 4.69) is 6.92 Å². The van der Waals surface area contributed by atoms with Crippen LogP contribution in [-0.4, -0.2) is 15.3 Å². The van der Waals surface area contributed by atoms with E-state index >= 15 is 0 Å². The molecule has 0 fully saturated rings. The maximum Gasteiger partial charge on any atom is 0.261 e. The zero-order valence-corrected chi connectivity index (χ0v) is 14.0. The predicted octanol–water partition coefficient (Wildman–Crippen LogP) is 5.16. The van der Waals surface area contributed by atoms with Crippen LogP contribution in [0.15, 0.2) is 30.3 Å². The van der Waals surface area contributed by atoms with Crippen LogP contribution in [0.1, 0.15) is 64.7 Å². The van der Waals surface area contributed by atoms with Gasteiger partial charge in [-0.25, -0.2) is 4.21 Å². The summed E-state index contributed by atoms with van der Waals surface area (Å²) < 4.78 is 22.3. The molecule has 0 aliphatic rings. The lowest BCUT2D eigenvalue weighted by Gasteiger charge is -2.19. The summed E-state index contributed by atoms with van der Waals surface area (Å²) in [6.07, 6.45) is 11.3. The van der Waals surface area contributed by atoms with Gasteiger partial charge in [-0.3, -0.25) is 8.86 Å². The second-order valence-corrected chi connectivity index (χ2v) is 6.40. The van der Waals surface area contributed by atoms with Crippen LogP contribution in [0.3, 0.4) is 0 Å². The number of anilines is 1. The zero-order valence-electron chi connectivity index (χ0n) is 13.2. The Balaban J connectivity index is 2.13. The molecule has 0 aliphatic carbocycles. The van der Waals surface area contributed by atoms with Crippen molar-refractivity contribution < 1.29 is 8.76 Å². The van der Waals surface area contributed by atoms with Crippen LogP contribution in [0.2, 0.25) is 0 Å². The predicted molar refractivity (Wildman–Crippen MR) is 91.8 cm³/mol. The average molecular weight is 311 g/mol. The van der Waals surface area contributed by atoms with Gasteiger partial charge in [-0.2, -0.15) is 0 Å². The minimum atomic E-state index is -1.93. The lowest BCUT2D eigenvalue weighted by Crippen LogP contribution is -2.26. The first-order valence-corrected chi connectivity index (χ1v) is 9.25. The Morgan fingerprint density at radius 3 is 1.95 bits per heavy atom. The van der Waals surface area contributed by atoms with E-state index in [0.29, 0.717) is 6.54 Å². The number of unbranched alkanes of at least 4 members (excludes halogenated alkanes) is 8. The molecule has 120 valence electrons. The topological polar surface area (TPSA) is 40.5 Å². The second kappa shape index (κ2) is 11.8. The first-order chi connectivity index (χ1) is 10.3. The van der Waals surface area contributed by atoms with Crippen LogP contribution >= 0.6 is 0 Å². The molecule has 0 amide bonds. The van der Waals surface area contributed by atoms with Gasteiger partial charge in [0.05, 0.1) is 5.69 Å². The van der Waals surface area contributed by atoms with E-state index in [4.69, 9.17) is 0 Å². The number of rotatable bonds is 12. The summed E-state index contributed by atoms with van der Waals surface area (Å²) in [6, 6.07) is 9.46. The van der Waals surface area contributed by atoms with E-state index in [9.17, 15) is 8.76 Å². The van der Waals surface area contributed by atoms with Crippen LogP contribution in [-0.2, 0) is 11.3 Å². The normalized spacial score (nSPS) is 12.3. The van der Waals surface area contributed by atoms with Crippen molar-refractivity contribution in [1.29, 1.82) is 0 Å². The van der Waals surface area contributed by atoms with E-state index in [1.165, 1.54) is 44.9 Å². The van der Waals surface area contributed by atoms with Crippen molar-refractivity contribution in [3.8, 4) is 0 Å². The highest BCUT2D eigenvalue weighted by Crippen LogP contribution is 2.16. The number of hydrogen-bond acceptors (Lipinski definition) is 1. The molecule has 0 bridgehead atoms. The maximum atomic E-state index is 11.4. The number of para-hydroxylation sites is 1. The number of benzene rings is 1. The first-order valence-electron chi connectivity index (χ1n) is 8.19. The van der Waals surface area contributed by atoms with Crippen molar-refractivity contribution in [2.45, 2.75) is 64.7 Å². The van der Waals surface area contributed by atoms with Gasteiger partial charge in [-0.15, -0.1) is 0 Å². The van der Waals surface area contributed by atoms with Gasteiger partial charge in [0.1, 0.15) is 0 Å². The summed E-state index contributed by atoms with van der Waals surface area (Å²) in [4.78, 5) is 0. The monoisotopic (exact) mass is 311 g/mol. The van der Waals surface area contributed by atoms with E-state index in [0.717, 1.165) is 18.5 Å². The van der Waals surface area contributed by atoms with Crippen molar-refractivity contribution in [2.75, 3.05) is 10.8 Å². The number of hydrogen-bond donors (Lipinski definition) is 1. The van der Waals surface area contributed by atoms with Gasteiger partial charge in [0.2, 0.25) is 0 Å².